The van der Waals surface area contributed by atoms with Crippen LogP contribution in [0.3, 0.4) is 0 Å². The maximum absolute atomic E-state index is 13.4. The third kappa shape index (κ3) is 4.54. The summed E-state index contributed by atoms with van der Waals surface area (Å²) in [5.74, 6) is 0.469. The van der Waals surface area contributed by atoms with Crippen molar-refractivity contribution in [3.8, 4) is 22.7 Å². The van der Waals surface area contributed by atoms with Crippen LogP contribution in [0.1, 0.15) is 17.4 Å². The lowest BCUT2D eigenvalue weighted by atomic mass is 10.1. The van der Waals surface area contributed by atoms with Gasteiger partial charge in [-0.15, -0.1) is 0 Å². The lowest BCUT2D eigenvalue weighted by Gasteiger charge is -2.34. The number of aromatic nitrogens is 2. The first-order chi connectivity index (χ1) is 15.9. The number of benzene rings is 2. The van der Waals surface area contributed by atoms with Gasteiger partial charge in [0.15, 0.2) is 0 Å². The number of rotatable bonds is 5. The molecule has 1 aromatic heterocycles. The van der Waals surface area contributed by atoms with E-state index in [-0.39, 0.29) is 17.5 Å². The van der Waals surface area contributed by atoms with Crippen LogP contribution in [0.5, 0.6) is 5.75 Å². The molecular weight excluding hydrogens is 426 g/mol. The van der Waals surface area contributed by atoms with Gasteiger partial charge in [-0.25, -0.2) is 4.68 Å². The van der Waals surface area contributed by atoms with Crippen molar-refractivity contribution in [1.82, 2.24) is 19.6 Å². The third-order valence-electron chi connectivity index (χ3n) is 5.63. The van der Waals surface area contributed by atoms with E-state index in [4.69, 9.17) is 4.74 Å². The fourth-order valence-corrected chi connectivity index (χ4v) is 3.74. The largest absolute Gasteiger partial charge is 0.497 e. The monoisotopic (exact) mass is 449 g/mol. The molecule has 0 radical (unpaired) electrons. The Kier molecular flexibility index (Phi) is 6.07. The molecule has 2 aromatic carbocycles. The summed E-state index contributed by atoms with van der Waals surface area (Å²) in [5, 5.41) is 15.7. The van der Waals surface area contributed by atoms with Crippen LogP contribution in [-0.4, -0.2) is 69.6 Å². The Balaban J connectivity index is 1.70. The lowest BCUT2D eigenvalue weighted by molar-refractivity contribution is -0.384. The summed E-state index contributed by atoms with van der Waals surface area (Å²) in [6.07, 6.45) is 0. The summed E-state index contributed by atoms with van der Waals surface area (Å²) in [6.45, 7) is 3.29. The van der Waals surface area contributed by atoms with Crippen molar-refractivity contribution in [2.75, 3.05) is 33.3 Å². The van der Waals surface area contributed by atoms with E-state index in [2.05, 4.69) is 5.10 Å². The zero-order valence-electron chi connectivity index (χ0n) is 18.3. The first kappa shape index (κ1) is 22.0. The van der Waals surface area contributed by atoms with Crippen LogP contribution in [0.2, 0.25) is 0 Å². The average molecular weight is 449 g/mol. The molecule has 0 unspecified atom stereocenters. The molecule has 4 rings (SSSR count). The Morgan fingerprint density at radius 1 is 0.970 bits per heavy atom. The van der Waals surface area contributed by atoms with Crippen molar-refractivity contribution in [3.05, 3.63) is 70.4 Å². The van der Waals surface area contributed by atoms with E-state index in [9.17, 15) is 19.7 Å². The van der Waals surface area contributed by atoms with Crippen molar-refractivity contribution in [3.63, 3.8) is 0 Å². The molecule has 33 heavy (non-hydrogen) atoms. The second kappa shape index (κ2) is 9.11. The van der Waals surface area contributed by atoms with Gasteiger partial charge in [-0.2, -0.15) is 5.10 Å². The normalized spacial score (nSPS) is 13.6. The number of amides is 2. The molecule has 0 aliphatic carbocycles. The molecule has 1 fully saturated rings. The lowest BCUT2D eigenvalue weighted by Crippen LogP contribution is -2.50. The van der Waals surface area contributed by atoms with Gasteiger partial charge in [-0.3, -0.25) is 19.7 Å². The van der Waals surface area contributed by atoms with Gasteiger partial charge in [0.1, 0.15) is 11.4 Å². The quantitative estimate of drug-likeness (QED) is 0.437. The number of nitrogens with zero attached hydrogens (tertiary/aromatic N) is 5. The van der Waals surface area contributed by atoms with E-state index in [1.165, 1.54) is 23.7 Å². The maximum atomic E-state index is 13.4. The number of hydrogen-bond donors (Lipinski definition) is 0. The summed E-state index contributed by atoms with van der Waals surface area (Å²) in [4.78, 5) is 39.0. The number of methoxy groups -OCH3 is 1. The van der Waals surface area contributed by atoms with Crippen LogP contribution >= 0.6 is 0 Å². The van der Waals surface area contributed by atoms with Gasteiger partial charge >= 0.3 is 0 Å². The molecule has 2 heterocycles. The topological polar surface area (TPSA) is 111 Å². The minimum Gasteiger partial charge on any atom is -0.497 e. The predicted octanol–water partition coefficient (Wildman–Crippen LogP) is 2.76. The van der Waals surface area contributed by atoms with Crippen LogP contribution in [0.25, 0.3) is 16.9 Å². The second-order valence-corrected chi connectivity index (χ2v) is 7.63. The Labute approximate surface area is 190 Å². The van der Waals surface area contributed by atoms with Gasteiger partial charge in [0.2, 0.25) is 5.91 Å². The number of carbonyl (C=O) groups excluding carboxylic acids is 2. The molecule has 0 atom stereocenters. The zero-order chi connectivity index (χ0) is 23.5. The standard InChI is InChI=1S/C23H23N5O5/c1-16(29)25-11-13-26(14-12-25)23(30)22-15-21(17-3-9-20(33-2)10-4-17)24-27(22)18-5-7-19(8-6-18)28(31)32/h3-10,15H,11-14H2,1-2H3. The van der Waals surface area contributed by atoms with E-state index >= 15 is 0 Å². The molecule has 0 saturated carbocycles. The van der Waals surface area contributed by atoms with Gasteiger partial charge in [-0.1, -0.05) is 0 Å². The Morgan fingerprint density at radius 2 is 1.58 bits per heavy atom. The summed E-state index contributed by atoms with van der Waals surface area (Å²) in [5.41, 5.74) is 2.21. The molecule has 1 saturated heterocycles. The fourth-order valence-electron chi connectivity index (χ4n) is 3.74. The molecule has 10 nitrogen and oxygen atoms in total. The summed E-state index contributed by atoms with van der Waals surface area (Å²) in [6, 6.07) is 14.9. The van der Waals surface area contributed by atoms with Crippen LogP contribution in [0.15, 0.2) is 54.6 Å². The number of piperazine rings is 1. The number of nitro benzene ring substituents is 1. The van der Waals surface area contributed by atoms with Gasteiger partial charge in [0, 0.05) is 50.8 Å². The molecule has 3 aromatic rings. The summed E-state index contributed by atoms with van der Waals surface area (Å²) in [7, 11) is 1.58. The average Bonchev–Trinajstić information content (AvgIpc) is 3.29. The third-order valence-corrected chi connectivity index (χ3v) is 5.63. The molecule has 0 bridgehead atoms. The predicted molar refractivity (Wildman–Crippen MR) is 120 cm³/mol. The molecule has 0 spiro atoms. The number of carbonyl (C=O) groups is 2. The number of non-ortho nitro benzene ring substituents is 1. The van der Waals surface area contributed by atoms with E-state index in [1.807, 2.05) is 24.3 Å². The Morgan fingerprint density at radius 3 is 2.12 bits per heavy atom. The van der Waals surface area contributed by atoms with Crippen molar-refractivity contribution < 1.29 is 19.2 Å². The van der Waals surface area contributed by atoms with E-state index < -0.39 is 4.92 Å². The van der Waals surface area contributed by atoms with Crippen LogP contribution in [0.4, 0.5) is 5.69 Å². The molecule has 0 N–H and O–H groups in total. The van der Waals surface area contributed by atoms with Crippen LogP contribution in [-0.2, 0) is 4.79 Å². The Bertz CT molecular complexity index is 1180. The molecule has 2 amide bonds. The first-order valence-electron chi connectivity index (χ1n) is 10.4. The van der Waals surface area contributed by atoms with Crippen LogP contribution in [0, 0.1) is 10.1 Å². The maximum Gasteiger partial charge on any atom is 0.272 e. The first-order valence-corrected chi connectivity index (χ1v) is 10.4. The highest BCUT2D eigenvalue weighted by Crippen LogP contribution is 2.26. The van der Waals surface area contributed by atoms with Gasteiger partial charge < -0.3 is 14.5 Å². The van der Waals surface area contributed by atoms with Crippen molar-refractivity contribution in [2.24, 2.45) is 0 Å². The van der Waals surface area contributed by atoms with Crippen LogP contribution < -0.4 is 4.74 Å². The highest BCUT2D eigenvalue weighted by Gasteiger charge is 2.27. The van der Waals surface area contributed by atoms with E-state index in [1.54, 1.807) is 35.1 Å². The Hall–Kier alpha value is -4.21. The summed E-state index contributed by atoms with van der Waals surface area (Å²) < 4.78 is 6.71. The SMILES string of the molecule is COc1ccc(-c2cc(C(=O)N3CCN(C(C)=O)CC3)n(-c3ccc([N+](=O)[O-])cc3)n2)cc1. The molecule has 1 aliphatic heterocycles. The molecular formula is C23H23N5O5. The molecule has 1 aliphatic rings. The van der Waals surface area contributed by atoms with Gasteiger partial charge in [0.25, 0.3) is 11.6 Å². The van der Waals surface area contributed by atoms with Gasteiger partial charge in [-0.05, 0) is 42.5 Å². The minimum atomic E-state index is -0.476. The molecule has 10 heteroatoms. The second-order valence-electron chi connectivity index (χ2n) is 7.63. The highest BCUT2D eigenvalue weighted by atomic mass is 16.6. The smallest absolute Gasteiger partial charge is 0.272 e. The minimum absolute atomic E-state index is 0.0141. The van der Waals surface area contributed by atoms with E-state index in [0.717, 1.165) is 5.56 Å². The summed E-state index contributed by atoms with van der Waals surface area (Å²) >= 11 is 0. The number of ether oxygens (including phenoxy) is 1. The van der Waals surface area contributed by atoms with Crippen molar-refractivity contribution in [2.45, 2.75) is 6.92 Å². The van der Waals surface area contributed by atoms with Crippen molar-refractivity contribution in [1.29, 1.82) is 0 Å². The van der Waals surface area contributed by atoms with Gasteiger partial charge in [0.05, 0.1) is 23.4 Å². The number of nitro groups is 1. The van der Waals surface area contributed by atoms with Crippen molar-refractivity contribution >= 4 is 17.5 Å². The zero-order valence-corrected chi connectivity index (χ0v) is 18.3. The van der Waals surface area contributed by atoms with E-state index in [0.29, 0.717) is 49.0 Å². The number of hydrogen-bond acceptors (Lipinski definition) is 6. The fraction of sp³-hybridized carbons (Fsp3) is 0.261. The highest BCUT2D eigenvalue weighted by molar-refractivity contribution is 5.94. The molecule has 170 valence electrons.